The fraction of sp³-hybridized carbons (Fsp3) is 0.0833. The maximum atomic E-state index is 4.58. The summed E-state index contributed by atoms with van der Waals surface area (Å²) in [6, 6.07) is 20.5. The number of hydrogen-bond donors (Lipinski definition) is 2. The number of rotatable bonds is 5. The normalized spacial score (nSPS) is 13.6. The molecule has 0 aliphatic heterocycles. The van der Waals surface area contributed by atoms with Crippen LogP contribution < -0.4 is 10.6 Å². The highest BCUT2D eigenvalue weighted by Crippen LogP contribution is 2.28. The van der Waals surface area contributed by atoms with E-state index < -0.39 is 0 Å². The van der Waals surface area contributed by atoms with E-state index >= 15 is 0 Å². The zero-order valence-electron chi connectivity index (χ0n) is 15.3. The first-order chi connectivity index (χ1) is 13.9. The summed E-state index contributed by atoms with van der Waals surface area (Å²) in [5.41, 5.74) is 3.97. The van der Waals surface area contributed by atoms with Gasteiger partial charge in [-0.3, -0.25) is 9.97 Å². The number of para-hydroxylation sites is 2. The van der Waals surface area contributed by atoms with Crippen LogP contribution >= 0.6 is 0 Å². The maximum absolute atomic E-state index is 4.58. The molecule has 4 heteroatoms. The van der Waals surface area contributed by atoms with Crippen LogP contribution in [0.3, 0.4) is 0 Å². The molecule has 2 aromatic carbocycles. The minimum Gasteiger partial charge on any atom is -0.363 e. The van der Waals surface area contributed by atoms with Crippen LogP contribution in [0.25, 0.3) is 21.8 Å². The van der Waals surface area contributed by atoms with Crippen molar-refractivity contribution in [2.75, 3.05) is 10.6 Å². The van der Waals surface area contributed by atoms with Gasteiger partial charge in [0.25, 0.3) is 0 Å². The average Bonchev–Trinajstić information content (AvgIpc) is 3.29. The van der Waals surface area contributed by atoms with Gasteiger partial charge in [0, 0.05) is 29.1 Å². The molecule has 0 saturated carbocycles. The molecule has 0 saturated heterocycles. The van der Waals surface area contributed by atoms with Crippen LogP contribution in [0.1, 0.15) is 0 Å². The lowest BCUT2D eigenvalue weighted by Crippen LogP contribution is -2.34. The molecule has 1 aliphatic carbocycles. The quantitative estimate of drug-likeness (QED) is 0.467. The van der Waals surface area contributed by atoms with Crippen LogP contribution in [0, 0.1) is 5.92 Å². The van der Waals surface area contributed by atoms with Crippen molar-refractivity contribution in [3.8, 4) is 0 Å². The summed E-state index contributed by atoms with van der Waals surface area (Å²) in [7, 11) is 0. The Balaban J connectivity index is 1.53. The molecule has 4 nitrogen and oxygen atoms in total. The largest absolute Gasteiger partial charge is 0.363 e. The molecule has 4 aromatic rings. The summed E-state index contributed by atoms with van der Waals surface area (Å²) < 4.78 is 0. The van der Waals surface area contributed by atoms with Crippen LogP contribution in [0.4, 0.5) is 11.4 Å². The van der Waals surface area contributed by atoms with E-state index in [9.17, 15) is 0 Å². The molecule has 5 rings (SSSR count). The first-order valence-electron chi connectivity index (χ1n) is 9.44. The second-order valence-electron chi connectivity index (χ2n) is 6.87. The molecule has 28 heavy (non-hydrogen) atoms. The van der Waals surface area contributed by atoms with Gasteiger partial charge in [-0.2, -0.15) is 0 Å². The summed E-state index contributed by atoms with van der Waals surface area (Å²) in [4.78, 5) is 9.16. The minimum absolute atomic E-state index is 0.0322. The molecular formula is C24H20N4. The van der Waals surface area contributed by atoms with E-state index in [1.54, 1.807) is 0 Å². The summed E-state index contributed by atoms with van der Waals surface area (Å²) in [6.45, 7) is 0. The van der Waals surface area contributed by atoms with Gasteiger partial charge in [-0.15, -0.1) is 0 Å². The number of anilines is 2. The molecule has 0 atom stereocenters. The van der Waals surface area contributed by atoms with Crippen molar-refractivity contribution >= 4 is 33.2 Å². The predicted molar refractivity (Wildman–Crippen MR) is 116 cm³/mol. The Bertz CT molecular complexity index is 1090. The van der Waals surface area contributed by atoms with Crippen molar-refractivity contribution in [2.45, 2.75) is 6.17 Å². The van der Waals surface area contributed by atoms with Gasteiger partial charge in [0.2, 0.25) is 0 Å². The fourth-order valence-electron chi connectivity index (χ4n) is 3.68. The number of nitrogens with one attached hydrogen (secondary N) is 2. The van der Waals surface area contributed by atoms with Gasteiger partial charge in [-0.25, -0.2) is 0 Å². The fourth-order valence-corrected chi connectivity index (χ4v) is 3.68. The van der Waals surface area contributed by atoms with Crippen molar-refractivity contribution in [2.24, 2.45) is 5.92 Å². The Morgan fingerprint density at radius 1 is 0.643 bits per heavy atom. The third kappa shape index (κ3) is 3.09. The average molecular weight is 364 g/mol. The Morgan fingerprint density at radius 2 is 1.14 bits per heavy atom. The summed E-state index contributed by atoms with van der Waals surface area (Å²) in [5.74, 6) is 0.220. The Morgan fingerprint density at radius 3 is 1.68 bits per heavy atom. The summed E-state index contributed by atoms with van der Waals surface area (Å²) in [6.07, 6.45) is 12.2. The molecule has 2 heterocycles. The zero-order valence-corrected chi connectivity index (χ0v) is 15.3. The van der Waals surface area contributed by atoms with Crippen LogP contribution in [0.15, 0.2) is 97.4 Å². The molecule has 0 amide bonds. The summed E-state index contributed by atoms with van der Waals surface area (Å²) in [5, 5.41) is 9.59. The topological polar surface area (TPSA) is 49.8 Å². The lowest BCUT2D eigenvalue weighted by molar-refractivity contribution is 0.698. The maximum Gasteiger partial charge on any atom is 0.106 e. The van der Waals surface area contributed by atoms with Crippen molar-refractivity contribution in [3.05, 3.63) is 97.4 Å². The van der Waals surface area contributed by atoms with Crippen molar-refractivity contribution in [1.82, 2.24) is 9.97 Å². The molecule has 2 aromatic heterocycles. The van der Waals surface area contributed by atoms with Crippen LogP contribution in [-0.4, -0.2) is 16.1 Å². The smallest absolute Gasteiger partial charge is 0.106 e. The molecule has 2 N–H and O–H groups in total. The number of aromatic nitrogens is 2. The van der Waals surface area contributed by atoms with Gasteiger partial charge < -0.3 is 10.6 Å². The molecule has 136 valence electrons. The highest BCUT2D eigenvalue weighted by molar-refractivity contribution is 5.92. The minimum atomic E-state index is -0.0322. The number of pyridine rings is 2. The molecular weight excluding hydrogens is 344 g/mol. The van der Waals surface area contributed by atoms with Crippen LogP contribution in [0.5, 0.6) is 0 Å². The second kappa shape index (κ2) is 7.16. The number of allylic oxidation sites excluding steroid dienone is 2. The number of nitrogens with zero attached hydrogens (tertiary/aromatic N) is 2. The molecule has 0 radical (unpaired) electrons. The van der Waals surface area contributed by atoms with Crippen molar-refractivity contribution < 1.29 is 0 Å². The Labute approximate surface area is 163 Å². The van der Waals surface area contributed by atoms with E-state index in [2.05, 4.69) is 93.4 Å². The van der Waals surface area contributed by atoms with Crippen molar-refractivity contribution in [3.63, 3.8) is 0 Å². The predicted octanol–water partition coefficient (Wildman–Crippen LogP) is 5.38. The second-order valence-corrected chi connectivity index (χ2v) is 6.87. The van der Waals surface area contributed by atoms with E-state index in [0.29, 0.717) is 0 Å². The molecule has 1 aliphatic rings. The zero-order chi connectivity index (χ0) is 18.8. The summed E-state index contributed by atoms with van der Waals surface area (Å²) >= 11 is 0. The highest BCUT2D eigenvalue weighted by atomic mass is 15.1. The standard InChI is InChI=1S/C24H20N4/c1-2-8-19(7-1)24(27-20-13-3-9-17-11-5-15-25-22(17)20)28-21-14-4-10-18-12-6-16-26-23(18)21/h1-16,19,24,27-28H. The van der Waals surface area contributed by atoms with Crippen molar-refractivity contribution in [1.29, 1.82) is 0 Å². The number of benzene rings is 2. The molecule has 0 unspecified atom stereocenters. The van der Waals surface area contributed by atoms with Gasteiger partial charge in [0.15, 0.2) is 0 Å². The first kappa shape index (κ1) is 16.5. The van der Waals surface area contributed by atoms with Gasteiger partial charge >= 0.3 is 0 Å². The van der Waals surface area contributed by atoms with Gasteiger partial charge in [-0.1, -0.05) is 60.7 Å². The SMILES string of the molecule is C1=CC(C(Nc2cccc3cccnc23)Nc2cccc3cccnc23)C=C1. The van der Waals surface area contributed by atoms with E-state index in [1.807, 2.05) is 24.5 Å². The third-order valence-corrected chi connectivity index (χ3v) is 5.05. The lowest BCUT2D eigenvalue weighted by atomic mass is 10.1. The monoisotopic (exact) mass is 364 g/mol. The van der Waals surface area contributed by atoms with E-state index in [-0.39, 0.29) is 12.1 Å². The van der Waals surface area contributed by atoms with Gasteiger partial charge in [0.1, 0.15) is 6.17 Å². The molecule has 0 fully saturated rings. The molecule has 0 bridgehead atoms. The van der Waals surface area contributed by atoms with Gasteiger partial charge in [-0.05, 0) is 24.3 Å². The van der Waals surface area contributed by atoms with E-state index in [0.717, 1.165) is 33.2 Å². The highest BCUT2D eigenvalue weighted by Gasteiger charge is 2.20. The Hall–Kier alpha value is -3.66. The van der Waals surface area contributed by atoms with E-state index in [4.69, 9.17) is 0 Å². The Kier molecular flexibility index (Phi) is 4.22. The lowest BCUT2D eigenvalue weighted by Gasteiger charge is -2.27. The van der Waals surface area contributed by atoms with Gasteiger partial charge in [0.05, 0.1) is 22.4 Å². The first-order valence-corrected chi connectivity index (χ1v) is 9.44. The molecule has 0 spiro atoms. The van der Waals surface area contributed by atoms with Crippen LogP contribution in [0.2, 0.25) is 0 Å². The van der Waals surface area contributed by atoms with E-state index in [1.165, 1.54) is 0 Å². The number of hydrogen-bond acceptors (Lipinski definition) is 4. The third-order valence-electron chi connectivity index (χ3n) is 5.05. The number of fused-ring (bicyclic) bond motifs is 2. The van der Waals surface area contributed by atoms with Crippen LogP contribution in [-0.2, 0) is 0 Å².